The average Bonchev–Trinajstić information content (AvgIpc) is 2.16. The van der Waals surface area contributed by atoms with Crippen LogP contribution in [0.1, 0.15) is 13.8 Å². The minimum Gasteiger partial charge on any atom is -0.325 e. The Morgan fingerprint density at radius 2 is 1.93 bits per heavy atom. The summed E-state index contributed by atoms with van der Waals surface area (Å²) in [6.07, 6.45) is 0.0490. The van der Waals surface area contributed by atoms with Gasteiger partial charge in [-0.15, -0.1) is 0 Å². The Balaban J connectivity index is 2.35. The number of nitrogens with one attached hydrogen (secondary N) is 3. The Kier molecular flexibility index (Phi) is 3.94. The molecule has 14 heavy (non-hydrogen) atoms. The van der Waals surface area contributed by atoms with Gasteiger partial charge in [0, 0.05) is 5.69 Å². The maximum atomic E-state index is 7.47. The number of hydrogen-bond donors (Lipinski definition) is 3. The van der Waals surface area contributed by atoms with Crippen molar-refractivity contribution in [3.8, 4) is 0 Å². The van der Waals surface area contributed by atoms with Crippen molar-refractivity contribution in [2.24, 2.45) is 0 Å². The quantitative estimate of drug-likeness (QED) is 0.391. The van der Waals surface area contributed by atoms with E-state index in [0.29, 0.717) is 0 Å². The van der Waals surface area contributed by atoms with Gasteiger partial charge in [-0.05, 0) is 26.0 Å². The molecule has 0 spiro atoms. The van der Waals surface area contributed by atoms with Gasteiger partial charge in [-0.25, -0.2) is 5.48 Å². The Bertz CT molecular complexity index is 285. The molecule has 0 aromatic heterocycles. The molecule has 4 heteroatoms. The Labute approximate surface area is 83.7 Å². The van der Waals surface area contributed by atoms with Gasteiger partial charge in [-0.2, -0.15) is 0 Å². The molecule has 0 saturated carbocycles. The smallest absolute Gasteiger partial charge is 0.217 e. The average molecular weight is 193 g/mol. The molecule has 76 valence electrons. The first-order valence-corrected chi connectivity index (χ1v) is 4.51. The Morgan fingerprint density at radius 3 is 2.50 bits per heavy atom. The first-order chi connectivity index (χ1) is 6.68. The van der Waals surface area contributed by atoms with Gasteiger partial charge >= 0.3 is 0 Å². The fourth-order valence-corrected chi connectivity index (χ4v) is 0.868. The molecule has 0 unspecified atom stereocenters. The standard InChI is InChI=1S/C10H15N3O/c1-8(2)14-13-10(11)12-9-6-4-3-5-7-9/h3-8H,1-2H3,(H3,11,12,13). The van der Waals surface area contributed by atoms with Crippen molar-refractivity contribution in [2.75, 3.05) is 5.32 Å². The molecule has 1 aromatic carbocycles. The number of hydroxylamine groups is 1. The van der Waals surface area contributed by atoms with Gasteiger partial charge < -0.3 is 5.32 Å². The predicted molar refractivity (Wildman–Crippen MR) is 57.1 cm³/mol. The molecule has 0 aliphatic heterocycles. The zero-order valence-corrected chi connectivity index (χ0v) is 8.37. The second-order valence-electron chi connectivity index (χ2n) is 3.13. The summed E-state index contributed by atoms with van der Waals surface area (Å²) in [6, 6.07) is 9.49. The highest BCUT2D eigenvalue weighted by Gasteiger charge is 1.97. The van der Waals surface area contributed by atoms with Crippen LogP contribution in [0.5, 0.6) is 0 Å². The summed E-state index contributed by atoms with van der Waals surface area (Å²) in [5, 5.41) is 10.3. The molecule has 0 radical (unpaired) electrons. The van der Waals surface area contributed by atoms with E-state index in [4.69, 9.17) is 10.2 Å². The summed E-state index contributed by atoms with van der Waals surface area (Å²) < 4.78 is 0. The van der Waals surface area contributed by atoms with Crippen molar-refractivity contribution < 1.29 is 4.84 Å². The molecule has 1 aromatic rings. The summed E-state index contributed by atoms with van der Waals surface area (Å²) in [6.45, 7) is 3.78. The van der Waals surface area contributed by atoms with E-state index >= 15 is 0 Å². The normalized spacial score (nSPS) is 9.93. The lowest BCUT2D eigenvalue weighted by Crippen LogP contribution is -2.31. The summed E-state index contributed by atoms with van der Waals surface area (Å²) in [7, 11) is 0. The van der Waals surface area contributed by atoms with E-state index in [1.165, 1.54) is 0 Å². The van der Waals surface area contributed by atoms with E-state index < -0.39 is 0 Å². The zero-order valence-electron chi connectivity index (χ0n) is 8.37. The van der Waals surface area contributed by atoms with Crippen LogP contribution in [-0.2, 0) is 4.84 Å². The number of hydrogen-bond acceptors (Lipinski definition) is 2. The first kappa shape index (κ1) is 10.5. The van der Waals surface area contributed by atoms with Crippen molar-refractivity contribution in [3.05, 3.63) is 30.3 Å². The third-order valence-electron chi connectivity index (χ3n) is 1.44. The lowest BCUT2D eigenvalue weighted by molar-refractivity contribution is 0.0327. The van der Waals surface area contributed by atoms with Crippen molar-refractivity contribution in [3.63, 3.8) is 0 Å². The van der Waals surface area contributed by atoms with E-state index in [1.807, 2.05) is 44.2 Å². The van der Waals surface area contributed by atoms with Crippen LogP contribution in [0.2, 0.25) is 0 Å². The van der Waals surface area contributed by atoms with Crippen LogP contribution in [0.15, 0.2) is 30.3 Å². The van der Waals surface area contributed by atoms with Gasteiger partial charge in [0.1, 0.15) is 0 Å². The lowest BCUT2D eigenvalue weighted by Gasteiger charge is -2.11. The molecular weight excluding hydrogens is 178 g/mol. The molecule has 4 nitrogen and oxygen atoms in total. The van der Waals surface area contributed by atoms with Gasteiger partial charge in [0.05, 0.1) is 6.10 Å². The fraction of sp³-hybridized carbons (Fsp3) is 0.300. The second-order valence-corrected chi connectivity index (χ2v) is 3.13. The maximum Gasteiger partial charge on any atom is 0.217 e. The SMILES string of the molecule is CC(C)ONC(=N)Nc1ccccc1. The number of benzene rings is 1. The number of guanidine groups is 1. The van der Waals surface area contributed by atoms with E-state index in [9.17, 15) is 0 Å². The molecular formula is C10H15N3O. The number of para-hydroxylation sites is 1. The van der Waals surface area contributed by atoms with Gasteiger partial charge in [0.2, 0.25) is 5.96 Å². The minimum atomic E-state index is 0.0490. The third-order valence-corrected chi connectivity index (χ3v) is 1.44. The third kappa shape index (κ3) is 3.91. The predicted octanol–water partition coefficient (Wildman–Crippen LogP) is 1.96. The van der Waals surface area contributed by atoms with Crippen LogP contribution in [0, 0.1) is 5.41 Å². The van der Waals surface area contributed by atoms with Gasteiger partial charge in [-0.3, -0.25) is 10.2 Å². The largest absolute Gasteiger partial charge is 0.325 e. The topological polar surface area (TPSA) is 57.1 Å². The monoisotopic (exact) mass is 193 g/mol. The van der Waals surface area contributed by atoms with Gasteiger partial charge in [0.25, 0.3) is 0 Å². The lowest BCUT2D eigenvalue weighted by atomic mass is 10.3. The van der Waals surface area contributed by atoms with Gasteiger partial charge in [0.15, 0.2) is 0 Å². The van der Waals surface area contributed by atoms with Crippen LogP contribution < -0.4 is 10.8 Å². The van der Waals surface area contributed by atoms with Crippen LogP contribution in [0.3, 0.4) is 0 Å². The number of anilines is 1. The van der Waals surface area contributed by atoms with Crippen molar-refractivity contribution in [1.29, 1.82) is 5.41 Å². The molecule has 0 amide bonds. The summed E-state index contributed by atoms with van der Waals surface area (Å²) in [5.41, 5.74) is 3.36. The fourth-order valence-electron chi connectivity index (χ4n) is 0.868. The molecule has 0 fully saturated rings. The first-order valence-electron chi connectivity index (χ1n) is 4.51. The Morgan fingerprint density at radius 1 is 1.29 bits per heavy atom. The van der Waals surface area contributed by atoms with Crippen LogP contribution >= 0.6 is 0 Å². The highest BCUT2D eigenvalue weighted by Crippen LogP contribution is 2.03. The summed E-state index contributed by atoms with van der Waals surface area (Å²) in [5.74, 6) is 0.130. The Hall–Kier alpha value is -1.55. The van der Waals surface area contributed by atoms with Crippen molar-refractivity contribution in [2.45, 2.75) is 20.0 Å². The van der Waals surface area contributed by atoms with Crippen LogP contribution in [-0.4, -0.2) is 12.1 Å². The molecule has 0 saturated heterocycles. The number of rotatable bonds is 3. The molecule has 0 atom stereocenters. The molecule has 3 N–H and O–H groups in total. The molecule has 0 aliphatic rings. The van der Waals surface area contributed by atoms with E-state index in [0.717, 1.165) is 5.69 Å². The summed E-state index contributed by atoms with van der Waals surface area (Å²) >= 11 is 0. The maximum absolute atomic E-state index is 7.47. The van der Waals surface area contributed by atoms with E-state index in [-0.39, 0.29) is 12.1 Å². The summed E-state index contributed by atoms with van der Waals surface area (Å²) in [4.78, 5) is 5.04. The molecule has 0 aliphatic carbocycles. The highest BCUT2D eigenvalue weighted by atomic mass is 16.7. The van der Waals surface area contributed by atoms with Crippen LogP contribution in [0.4, 0.5) is 5.69 Å². The molecule has 0 heterocycles. The van der Waals surface area contributed by atoms with Crippen molar-refractivity contribution >= 4 is 11.6 Å². The van der Waals surface area contributed by atoms with E-state index in [2.05, 4.69) is 10.8 Å². The highest BCUT2D eigenvalue weighted by molar-refractivity contribution is 5.90. The molecule has 1 rings (SSSR count). The second kappa shape index (κ2) is 5.24. The van der Waals surface area contributed by atoms with Gasteiger partial charge in [-0.1, -0.05) is 18.2 Å². The van der Waals surface area contributed by atoms with Crippen LogP contribution in [0.25, 0.3) is 0 Å². The minimum absolute atomic E-state index is 0.0490. The molecule has 0 bridgehead atoms. The van der Waals surface area contributed by atoms with E-state index in [1.54, 1.807) is 0 Å². The zero-order chi connectivity index (χ0) is 10.4. The van der Waals surface area contributed by atoms with Crippen molar-refractivity contribution in [1.82, 2.24) is 5.48 Å².